The molecular formula is C11H18N4O3S. The van der Waals surface area contributed by atoms with Crippen LogP contribution in [0.4, 0.5) is 0 Å². The van der Waals surface area contributed by atoms with Crippen LogP contribution in [-0.4, -0.2) is 49.0 Å². The summed E-state index contributed by atoms with van der Waals surface area (Å²) in [5.74, 6) is -0.125. The molecule has 2 rings (SSSR count). The maximum atomic E-state index is 12.4. The van der Waals surface area contributed by atoms with Crippen LogP contribution in [0.5, 0.6) is 0 Å². The summed E-state index contributed by atoms with van der Waals surface area (Å²) in [7, 11) is -2.01. The number of aromatic nitrogens is 2. The van der Waals surface area contributed by atoms with E-state index in [2.05, 4.69) is 15.5 Å². The molecule has 8 heteroatoms. The van der Waals surface area contributed by atoms with Crippen LogP contribution in [0.3, 0.4) is 0 Å². The highest BCUT2D eigenvalue weighted by molar-refractivity contribution is 7.89. The summed E-state index contributed by atoms with van der Waals surface area (Å²) in [6.45, 7) is 2.42. The number of amides is 1. The van der Waals surface area contributed by atoms with Gasteiger partial charge in [-0.3, -0.25) is 9.89 Å². The number of carbonyl (C=O) groups excluding carboxylic acids is 1. The lowest BCUT2D eigenvalue weighted by Crippen LogP contribution is -2.51. The van der Waals surface area contributed by atoms with Gasteiger partial charge in [-0.25, -0.2) is 8.42 Å². The maximum absolute atomic E-state index is 12.4. The fraction of sp³-hybridized carbons (Fsp3) is 0.636. The lowest BCUT2D eigenvalue weighted by atomic mass is 9.82. The molecule has 1 aliphatic rings. The van der Waals surface area contributed by atoms with Crippen molar-refractivity contribution < 1.29 is 13.2 Å². The Morgan fingerprint density at radius 3 is 2.89 bits per heavy atom. The summed E-state index contributed by atoms with van der Waals surface area (Å²) < 4.78 is 26.1. The Bertz CT molecular complexity index is 555. The van der Waals surface area contributed by atoms with Crippen LogP contribution < -0.4 is 5.32 Å². The summed E-state index contributed by atoms with van der Waals surface area (Å²) in [6, 6.07) is 0. The van der Waals surface area contributed by atoms with Gasteiger partial charge >= 0.3 is 0 Å². The number of carbonyl (C=O) groups is 1. The Kier molecular flexibility index (Phi) is 3.64. The molecule has 0 radical (unpaired) electrons. The van der Waals surface area contributed by atoms with E-state index in [9.17, 15) is 13.2 Å². The Morgan fingerprint density at radius 2 is 2.32 bits per heavy atom. The zero-order valence-corrected chi connectivity index (χ0v) is 11.8. The van der Waals surface area contributed by atoms with E-state index in [0.29, 0.717) is 19.4 Å². The number of piperidine rings is 1. The van der Waals surface area contributed by atoms with E-state index in [0.717, 1.165) is 0 Å². The van der Waals surface area contributed by atoms with Crippen LogP contribution >= 0.6 is 0 Å². The van der Waals surface area contributed by atoms with Gasteiger partial charge < -0.3 is 5.32 Å². The molecule has 0 saturated carbocycles. The monoisotopic (exact) mass is 286 g/mol. The molecule has 0 spiro atoms. The predicted octanol–water partition coefficient (Wildman–Crippen LogP) is -0.0535. The molecule has 1 fully saturated rings. The summed E-state index contributed by atoms with van der Waals surface area (Å²) in [5.41, 5.74) is -0.677. The van der Waals surface area contributed by atoms with Crippen molar-refractivity contribution >= 4 is 15.9 Å². The van der Waals surface area contributed by atoms with E-state index >= 15 is 0 Å². The first kappa shape index (κ1) is 14.0. The minimum atomic E-state index is -3.57. The second kappa shape index (κ2) is 4.93. The van der Waals surface area contributed by atoms with Crippen molar-refractivity contribution in [1.82, 2.24) is 19.8 Å². The third-order valence-corrected chi connectivity index (χ3v) is 5.36. The minimum Gasteiger partial charge on any atom is -0.359 e. The second-order valence-electron chi connectivity index (χ2n) is 5.02. The van der Waals surface area contributed by atoms with Crippen molar-refractivity contribution in [3.8, 4) is 0 Å². The molecule has 7 nitrogen and oxygen atoms in total. The number of nitrogens with zero attached hydrogens (tertiary/aromatic N) is 2. The number of aromatic amines is 1. The summed E-state index contributed by atoms with van der Waals surface area (Å²) in [4.78, 5) is 12.0. The van der Waals surface area contributed by atoms with E-state index < -0.39 is 15.4 Å². The molecule has 106 valence electrons. The van der Waals surface area contributed by atoms with Crippen molar-refractivity contribution in [3.05, 3.63) is 12.4 Å². The summed E-state index contributed by atoms with van der Waals surface area (Å²) in [5, 5.41) is 8.76. The molecule has 1 amide bonds. The molecule has 19 heavy (non-hydrogen) atoms. The van der Waals surface area contributed by atoms with Crippen LogP contribution in [0.15, 0.2) is 17.3 Å². The lowest BCUT2D eigenvalue weighted by molar-refractivity contribution is -0.131. The molecule has 0 aromatic carbocycles. The van der Waals surface area contributed by atoms with Gasteiger partial charge in [0.25, 0.3) is 0 Å². The molecule has 0 aliphatic carbocycles. The largest absolute Gasteiger partial charge is 0.359 e. The highest BCUT2D eigenvalue weighted by atomic mass is 32.2. The number of rotatable bonds is 3. The predicted molar refractivity (Wildman–Crippen MR) is 68.8 cm³/mol. The number of hydrogen-bond acceptors (Lipinski definition) is 4. The first-order valence-corrected chi connectivity index (χ1v) is 7.55. The van der Waals surface area contributed by atoms with Crippen molar-refractivity contribution in [2.75, 3.05) is 20.1 Å². The third-order valence-electron chi connectivity index (χ3n) is 3.55. The topological polar surface area (TPSA) is 95.2 Å². The second-order valence-corrected chi connectivity index (χ2v) is 6.95. The zero-order valence-electron chi connectivity index (χ0n) is 11.0. The summed E-state index contributed by atoms with van der Waals surface area (Å²) >= 11 is 0. The first-order valence-electron chi connectivity index (χ1n) is 6.11. The fourth-order valence-corrected chi connectivity index (χ4v) is 3.92. The van der Waals surface area contributed by atoms with Gasteiger partial charge in [-0.15, -0.1) is 0 Å². The van der Waals surface area contributed by atoms with Crippen LogP contribution in [0.25, 0.3) is 0 Å². The quantitative estimate of drug-likeness (QED) is 0.814. The number of sulfonamides is 1. The highest BCUT2D eigenvalue weighted by Gasteiger charge is 2.41. The molecule has 1 aliphatic heterocycles. The number of nitrogens with one attached hydrogen (secondary N) is 2. The Labute approximate surface area is 112 Å². The molecular weight excluding hydrogens is 268 g/mol. The van der Waals surface area contributed by atoms with Crippen LogP contribution in [-0.2, 0) is 14.8 Å². The Hall–Kier alpha value is -1.41. The van der Waals surface area contributed by atoms with Gasteiger partial charge in [0.15, 0.2) is 0 Å². The molecule has 1 saturated heterocycles. The SMILES string of the molecule is CNC(=O)C1(C)CCCN(S(=O)(=O)c2cn[nH]c2)C1. The molecule has 1 atom stereocenters. The van der Waals surface area contributed by atoms with Crippen molar-refractivity contribution in [2.24, 2.45) is 5.41 Å². The van der Waals surface area contributed by atoms with Crippen molar-refractivity contribution in [2.45, 2.75) is 24.7 Å². The van der Waals surface area contributed by atoms with Gasteiger partial charge in [0.1, 0.15) is 4.90 Å². The van der Waals surface area contributed by atoms with Crippen LogP contribution in [0.2, 0.25) is 0 Å². The van der Waals surface area contributed by atoms with E-state index in [4.69, 9.17) is 0 Å². The Balaban J connectivity index is 2.25. The molecule has 1 aromatic rings. The molecule has 2 heterocycles. The van der Waals surface area contributed by atoms with Crippen molar-refractivity contribution in [3.63, 3.8) is 0 Å². The van der Waals surface area contributed by atoms with Gasteiger partial charge in [0, 0.05) is 26.3 Å². The Morgan fingerprint density at radius 1 is 1.58 bits per heavy atom. The zero-order chi connectivity index (χ0) is 14.1. The highest BCUT2D eigenvalue weighted by Crippen LogP contribution is 2.32. The third kappa shape index (κ3) is 2.50. The number of H-pyrrole nitrogens is 1. The standard InChI is InChI=1S/C11H18N4O3S/c1-11(10(16)12-2)4-3-5-15(8-11)19(17,18)9-6-13-14-7-9/h6-7H,3-5,8H2,1-2H3,(H,12,16)(H,13,14). The van der Waals surface area contributed by atoms with E-state index in [1.807, 2.05) is 0 Å². The smallest absolute Gasteiger partial charge is 0.246 e. The fourth-order valence-electron chi connectivity index (χ4n) is 2.41. The average molecular weight is 286 g/mol. The van der Waals surface area contributed by atoms with Gasteiger partial charge in [-0.05, 0) is 19.8 Å². The average Bonchev–Trinajstić information content (AvgIpc) is 2.92. The molecule has 0 bridgehead atoms. The van der Waals surface area contributed by atoms with Gasteiger partial charge in [0.05, 0.1) is 11.6 Å². The minimum absolute atomic E-state index is 0.125. The maximum Gasteiger partial charge on any atom is 0.246 e. The van der Waals surface area contributed by atoms with Crippen LogP contribution in [0.1, 0.15) is 19.8 Å². The van der Waals surface area contributed by atoms with Gasteiger partial charge in [0.2, 0.25) is 15.9 Å². The van der Waals surface area contributed by atoms with E-state index in [1.165, 1.54) is 16.7 Å². The van der Waals surface area contributed by atoms with E-state index in [1.54, 1.807) is 14.0 Å². The van der Waals surface area contributed by atoms with Crippen LogP contribution in [0, 0.1) is 5.41 Å². The van der Waals surface area contributed by atoms with Crippen molar-refractivity contribution in [1.29, 1.82) is 0 Å². The first-order chi connectivity index (χ1) is 8.90. The molecule has 1 unspecified atom stereocenters. The van der Waals surface area contributed by atoms with Gasteiger partial charge in [-0.1, -0.05) is 0 Å². The normalized spacial score (nSPS) is 25.2. The van der Waals surface area contributed by atoms with E-state index in [-0.39, 0.29) is 17.3 Å². The van der Waals surface area contributed by atoms with Gasteiger partial charge in [-0.2, -0.15) is 9.40 Å². The molecule has 2 N–H and O–H groups in total. The number of hydrogen-bond donors (Lipinski definition) is 2. The molecule has 1 aromatic heterocycles. The summed E-state index contributed by atoms with van der Waals surface area (Å²) in [6.07, 6.45) is 3.98. The lowest BCUT2D eigenvalue weighted by Gasteiger charge is -2.37.